The van der Waals surface area contributed by atoms with Gasteiger partial charge in [-0.25, -0.2) is 8.42 Å². The maximum atomic E-state index is 12.7. The first-order valence-corrected chi connectivity index (χ1v) is 12.2. The van der Waals surface area contributed by atoms with Crippen molar-refractivity contribution in [3.63, 3.8) is 0 Å². The molecule has 0 saturated carbocycles. The summed E-state index contributed by atoms with van der Waals surface area (Å²) in [5, 5.41) is 10.5. The van der Waals surface area contributed by atoms with Crippen molar-refractivity contribution in [2.75, 3.05) is 28.7 Å². The van der Waals surface area contributed by atoms with E-state index in [9.17, 15) is 18.0 Å². The van der Waals surface area contributed by atoms with E-state index in [2.05, 4.69) is 20.3 Å². The van der Waals surface area contributed by atoms with Crippen LogP contribution in [0, 0.1) is 0 Å². The van der Waals surface area contributed by atoms with Crippen LogP contribution >= 0.6 is 23.1 Å². The van der Waals surface area contributed by atoms with Crippen LogP contribution in [0.5, 0.6) is 0 Å². The molecular weight excluding hydrogens is 436 g/mol. The van der Waals surface area contributed by atoms with E-state index in [1.807, 2.05) is 19.1 Å². The van der Waals surface area contributed by atoms with E-state index in [1.165, 1.54) is 14.0 Å². The van der Waals surface area contributed by atoms with Gasteiger partial charge in [0, 0.05) is 0 Å². The van der Waals surface area contributed by atoms with Crippen molar-refractivity contribution in [1.29, 1.82) is 0 Å². The molecule has 158 valence electrons. The number of esters is 1. The predicted octanol–water partition coefficient (Wildman–Crippen LogP) is 2.16. The molecule has 0 saturated heterocycles. The van der Waals surface area contributed by atoms with Crippen LogP contribution in [0.15, 0.2) is 28.6 Å². The Kier molecular flexibility index (Phi) is 7.99. The van der Waals surface area contributed by atoms with Gasteiger partial charge in [0.2, 0.25) is 21.1 Å². The third-order valence-electron chi connectivity index (χ3n) is 3.87. The Bertz CT molecular complexity index is 960. The van der Waals surface area contributed by atoms with Crippen molar-refractivity contribution in [2.24, 2.45) is 0 Å². The van der Waals surface area contributed by atoms with E-state index >= 15 is 0 Å². The number of amides is 1. The SMILES string of the molecule is CCc1ccc(N([C@@H](C)C(=O)Nc2nnc(SCC(=O)OC)s2)S(C)(=O)=O)cc1. The van der Waals surface area contributed by atoms with Crippen LogP contribution in [-0.2, 0) is 30.8 Å². The third kappa shape index (κ3) is 6.41. The number of methoxy groups -OCH3 is 1. The summed E-state index contributed by atoms with van der Waals surface area (Å²) in [6, 6.07) is 6.00. The largest absolute Gasteiger partial charge is 0.468 e. The van der Waals surface area contributed by atoms with E-state index in [0.29, 0.717) is 10.0 Å². The fraction of sp³-hybridized carbons (Fsp3) is 0.412. The first kappa shape index (κ1) is 23.1. The number of hydrogen-bond acceptors (Lipinski definition) is 9. The quantitative estimate of drug-likeness (QED) is 0.345. The van der Waals surface area contributed by atoms with Crippen LogP contribution in [0.3, 0.4) is 0 Å². The lowest BCUT2D eigenvalue weighted by atomic mass is 10.1. The smallest absolute Gasteiger partial charge is 0.316 e. The van der Waals surface area contributed by atoms with E-state index < -0.39 is 27.9 Å². The maximum Gasteiger partial charge on any atom is 0.316 e. The van der Waals surface area contributed by atoms with Gasteiger partial charge in [0.15, 0.2) is 4.34 Å². The summed E-state index contributed by atoms with van der Waals surface area (Å²) in [6.07, 6.45) is 1.87. The molecule has 12 heteroatoms. The molecule has 9 nitrogen and oxygen atoms in total. The Morgan fingerprint density at radius 2 is 1.93 bits per heavy atom. The van der Waals surface area contributed by atoms with Crippen LogP contribution in [0.1, 0.15) is 19.4 Å². The van der Waals surface area contributed by atoms with Gasteiger partial charge in [0.1, 0.15) is 6.04 Å². The summed E-state index contributed by atoms with van der Waals surface area (Å²) >= 11 is 2.22. The Morgan fingerprint density at radius 3 is 2.48 bits per heavy atom. The molecule has 1 heterocycles. The number of aromatic nitrogens is 2. The number of anilines is 2. The molecule has 2 rings (SSSR count). The number of hydrogen-bond donors (Lipinski definition) is 1. The van der Waals surface area contributed by atoms with E-state index in [-0.39, 0.29) is 10.9 Å². The highest BCUT2D eigenvalue weighted by molar-refractivity contribution is 8.01. The summed E-state index contributed by atoms with van der Waals surface area (Å²) in [7, 11) is -2.41. The number of sulfonamides is 1. The van der Waals surface area contributed by atoms with Crippen LogP contribution < -0.4 is 9.62 Å². The molecule has 1 aromatic carbocycles. The average molecular weight is 459 g/mol. The molecule has 0 radical (unpaired) electrons. The molecular formula is C17H22N4O5S3. The summed E-state index contributed by atoms with van der Waals surface area (Å²) < 4.78 is 30.8. The first-order valence-electron chi connectivity index (χ1n) is 8.58. The molecule has 0 spiro atoms. The summed E-state index contributed by atoms with van der Waals surface area (Å²) in [5.74, 6) is -0.872. The molecule has 0 aliphatic carbocycles. The van der Waals surface area contributed by atoms with Gasteiger partial charge < -0.3 is 4.74 Å². The second-order valence-electron chi connectivity index (χ2n) is 5.98. The van der Waals surface area contributed by atoms with E-state index in [0.717, 1.165) is 45.6 Å². The fourth-order valence-corrected chi connectivity index (χ4v) is 5.16. The number of thioether (sulfide) groups is 1. The Labute approximate surface area is 177 Å². The normalized spacial score (nSPS) is 12.3. The molecule has 2 aromatic rings. The Hall–Kier alpha value is -2.18. The highest BCUT2D eigenvalue weighted by Gasteiger charge is 2.29. The summed E-state index contributed by atoms with van der Waals surface area (Å²) in [5.41, 5.74) is 1.46. The third-order valence-corrected chi connectivity index (χ3v) is 7.05. The molecule has 0 aliphatic heterocycles. The number of benzene rings is 1. The molecule has 0 bridgehead atoms. The zero-order valence-corrected chi connectivity index (χ0v) is 18.9. The molecule has 1 amide bonds. The number of carbonyl (C=O) groups excluding carboxylic acids is 2. The van der Waals surface area contributed by atoms with Crippen LogP contribution in [-0.4, -0.2) is 55.7 Å². The van der Waals surface area contributed by atoms with Gasteiger partial charge in [0.25, 0.3) is 0 Å². The lowest BCUT2D eigenvalue weighted by Crippen LogP contribution is -2.45. The zero-order chi connectivity index (χ0) is 21.6. The molecule has 0 fully saturated rings. The second kappa shape index (κ2) is 10.0. The van der Waals surface area contributed by atoms with E-state index in [1.54, 1.807) is 12.1 Å². The monoisotopic (exact) mass is 458 g/mol. The van der Waals surface area contributed by atoms with Gasteiger partial charge in [-0.2, -0.15) is 0 Å². The highest BCUT2D eigenvalue weighted by Crippen LogP contribution is 2.27. The van der Waals surface area contributed by atoms with Gasteiger partial charge in [-0.05, 0) is 31.0 Å². The van der Waals surface area contributed by atoms with Crippen molar-refractivity contribution in [3.05, 3.63) is 29.8 Å². The van der Waals surface area contributed by atoms with E-state index in [4.69, 9.17) is 0 Å². The van der Waals surface area contributed by atoms with Gasteiger partial charge >= 0.3 is 5.97 Å². The first-order chi connectivity index (χ1) is 13.7. The maximum absolute atomic E-state index is 12.7. The number of aryl methyl sites for hydroxylation is 1. The van der Waals surface area contributed by atoms with Crippen molar-refractivity contribution in [3.8, 4) is 0 Å². The van der Waals surface area contributed by atoms with Crippen LogP contribution in [0.25, 0.3) is 0 Å². The van der Waals surface area contributed by atoms with Crippen LogP contribution in [0.2, 0.25) is 0 Å². The highest BCUT2D eigenvalue weighted by atomic mass is 32.2. The minimum absolute atomic E-state index is 0.0745. The minimum Gasteiger partial charge on any atom is -0.468 e. The predicted molar refractivity (Wildman–Crippen MR) is 114 cm³/mol. The minimum atomic E-state index is -3.71. The Balaban J connectivity index is 2.13. The number of nitrogens with zero attached hydrogens (tertiary/aromatic N) is 3. The van der Waals surface area contributed by atoms with Gasteiger partial charge in [-0.3, -0.25) is 19.2 Å². The Morgan fingerprint density at radius 1 is 1.28 bits per heavy atom. The number of ether oxygens (including phenoxy) is 1. The molecule has 29 heavy (non-hydrogen) atoms. The lowest BCUT2D eigenvalue weighted by Gasteiger charge is -2.28. The zero-order valence-electron chi connectivity index (χ0n) is 16.4. The molecule has 1 N–H and O–H groups in total. The number of nitrogens with one attached hydrogen (secondary N) is 1. The van der Waals surface area contributed by atoms with Crippen molar-refractivity contribution < 1.29 is 22.7 Å². The standard InChI is InChI=1S/C17H22N4O5S3/c1-5-12-6-8-13(9-7-12)21(29(4,24)25)11(2)15(23)18-16-19-20-17(28-16)27-10-14(22)26-3/h6-9,11H,5,10H2,1-4H3,(H,18,19,23)/t11-/m0/s1. The van der Waals surface area contributed by atoms with Crippen molar-refractivity contribution >= 4 is 55.8 Å². The average Bonchev–Trinajstić information content (AvgIpc) is 3.12. The van der Waals surface area contributed by atoms with Crippen molar-refractivity contribution in [2.45, 2.75) is 30.6 Å². The molecule has 1 aromatic heterocycles. The summed E-state index contributed by atoms with van der Waals surface area (Å²) in [4.78, 5) is 23.8. The lowest BCUT2D eigenvalue weighted by molar-refractivity contribution is -0.137. The topological polar surface area (TPSA) is 119 Å². The molecule has 1 atom stereocenters. The molecule has 0 aliphatic rings. The molecule has 0 unspecified atom stereocenters. The van der Waals surface area contributed by atoms with Crippen LogP contribution in [0.4, 0.5) is 10.8 Å². The number of carbonyl (C=O) groups is 2. The number of rotatable bonds is 9. The van der Waals surface area contributed by atoms with Gasteiger partial charge in [-0.15, -0.1) is 10.2 Å². The van der Waals surface area contributed by atoms with Gasteiger partial charge in [0.05, 0.1) is 24.8 Å². The summed E-state index contributed by atoms with van der Waals surface area (Å²) in [6.45, 7) is 3.50. The van der Waals surface area contributed by atoms with Crippen molar-refractivity contribution in [1.82, 2.24) is 10.2 Å². The second-order valence-corrected chi connectivity index (χ2v) is 10.0. The van der Waals surface area contributed by atoms with Gasteiger partial charge in [-0.1, -0.05) is 42.2 Å². The fourth-order valence-electron chi connectivity index (χ4n) is 2.40.